The quantitative estimate of drug-likeness (QED) is 0.878. The first-order chi connectivity index (χ1) is 10.5. The third-order valence-corrected chi connectivity index (χ3v) is 3.72. The summed E-state index contributed by atoms with van der Waals surface area (Å²) < 4.78 is 0. The van der Waals surface area contributed by atoms with Crippen molar-refractivity contribution < 1.29 is 4.79 Å². The van der Waals surface area contributed by atoms with Crippen LogP contribution < -0.4 is 11.1 Å². The minimum atomic E-state index is -0.140. The van der Waals surface area contributed by atoms with Gasteiger partial charge in [-0.15, -0.1) is 0 Å². The van der Waals surface area contributed by atoms with Crippen molar-refractivity contribution in [3.05, 3.63) is 59.1 Å². The van der Waals surface area contributed by atoms with Crippen LogP contribution in [0, 0.1) is 0 Å². The Labute approximate surface area is 136 Å². The molecule has 116 valence electrons. The zero-order chi connectivity index (χ0) is 16.1. The number of hydrogen-bond donors (Lipinski definition) is 2. The van der Waals surface area contributed by atoms with Gasteiger partial charge in [-0.3, -0.25) is 4.79 Å². The molecule has 3 N–H and O–H groups in total. The summed E-state index contributed by atoms with van der Waals surface area (Å²) in [5.41, 5.74) is 8.91. The molecule has 2 unspecified atom stereocenters. The van der Waals surface area contributed by atoms with Crippen molar-refractivity contribution in [3.8, 4) is 11.1 Å². The second kappa shape index (κ2) is 7.43. The molecule has 2 aromatic rings. The Hall–Kier alpha value is -1.84. The number of carbonyl (C=O) groups is 1. The molecular formula is C18H21ClN2O. The van der Waals surface area contributed by atoms with E-state index in [9.17, 15) is 4.79 Å². The topological polar surface area (TPSA) is 55.1 Å². The zero-order valence-electron chi connectivity index (χ0n) is 12.8. The molecule has 3 nitrogen and oxygen atoms in total. The number of amides is 1. The van der Waals surface area contributed by atoms with E-state index in [1.807, 2.05) is 62.4 Å². The monoisotopic (exact) mass is 316 g/mol. The largest absolute Gasteiger partial charge is 0.350 e. The fourth-order valence-corrected chi connectivity index (χ4v) is 2.56. The van der Waals surface area contributed by atoms with Crippen molar-refractivity contribution in [2.75, 3.05) is 0 Å². The van der Waals surface area contributed by atoms with Gasteiger partial charge in [0.2, 0.25) is 5.91 Å². The lowest BCUT2D eigenvalue weighted by atomic mass is 9.95. The summed E-state index contributed by atoms with van der Waals surface area (Å²) in [6.45, 7) is 3.81. The third kappa shape index (κ3) is 4.33. The van der Waals surface area contributed by atoms with Gasteiger partial charge in [0.1, 0.15) is 0 Å². The molecule has 0 aliphatic heterocycles. The van der Waals surface area contributed by atoms with E-state index < -0.39 is 0 Å². The summed E-state index contributed by atoms with van der Waals surface area (Å²) in [6, 6.07) is 15.5. The van der Waals surface area contributed by atoms with Crippen molar-refractivity contribution in [2.45, 2.75) is 32.4 Å². The average Bonchev–Trinajstić information content (AvgIpc) is 2.47. The van der Waals surface area contributed by atoms with Crippen LogP contribution in [0.25, 0.3) is 11.1 Å². The maximum atomic E-state index is 11.9. The highest BCUT2D eigenvalue weighted by atomic mass is 35.5. The van der Waals surface area contributed by atoms with E-state index in [0.717, 1.165) is 16.7 Å². The highest BCUT2D eigenvalue weighted by Crippen LogP contribution is 2.29. The lowest BCUT2D eigenvalue weighted by molar-refractivity contribution is -0.121. The van der Waals surface area contributed by atoms with Crippen molar-refractivity contribution in [2.24, 2.45) is 5.73 Å². The van der Waals surface area contributed by atoms with Gasteiger partial charge in [0.05, 0.1) is 6.04 Å². The molecule has 0 saturated heterocycles. The second-order valence-electron chi connectivity index (χ2n) is 5.56. The van der Waals surface area contributed by atoms with Crippen molar-refractivity contribution in [1.82, 2.24) is 5.32 Å². The van der Waals surface area contributed by atoms with Crippen LogP contribution in [0.3, 0.4) is 0 Å². The molecule has 22 heavy (non-hydrogen) atoms. The molecule has 0 aliphatic rings. The van der Waals surface area contributed by atoms with Gasteiger partial charge in [0.15, 0.2) is 0 Å². The molecular weight excluding hydrogens is 296 g/mol. The molecule has 0 saturated carbocycles. The van der Waals surface area contributed by atoms with E-state index in [-0.39, 0.29) is 18.0 Å². The first kappa shape index (κ1) is 16.5. The standard InChI is InChI=1S/C18H21ClN2O/c1-12(20)11-18(22)21-13(2)16-5-3-4-6-17(16)14-7-9-15(19)10-8-14/h3-10,12-13H,11,20H2,1-2H3,(H,21,22). The summed E-state index contributed by atoms with van der Waals surface area (Å²) >= 11 is 5.95. The number of nitrogens with one attached hydrogen (secondary N) is 1. The first-order valence-electron chi connectivity index (χ1n) is 7.37. The SMILES string of the molecule is CC(N)CC(=O)NC(C)c1ccccc1-c1ccc(Cl)cc1. The predicted octanol–water partition coefficient (Wildman–Crippen LogP) is 3.92. The lowest BCUT2D eigenvalue weighted by Crippen LogP contribution is -2.31. The van der Waals surface area contributed by atoms with Crippen molar-refractivity contribution >= 4 is 17.5 Å². The molecule has 0 aromatic heterocycles. The minimum Gasteiger partial charge on any atom is -0.350 e. The van der Waals surface area contributed by atoms with Gasteiger partial charge in [-0.1, -0.05) is 48.0 Å². The highest BCUT2D eigenvalue weighted by Gasteiger charge is 2.14. The van der Waals surface area contributed by atoms with Gasteiger partial charge in [0.25, 0.3) is 0 Å². The number of halogens is 1. The molecule has 2 atom stereocenters. The molecule has 0 radical (unpaired) electrons. The Morgan fingerprint density at radius 3 is 2.41 bits per heavy atom. The number of carbonyl (C=O) groups excluding carboxylic acids is 1. The van der Waals surface area contributed by atoms with Crippen LogP contribution in [0.2, 0.25) is 5.02 Å². The predicted molar refractivity (Wildman–Crippen MR) is 91.7 cm³/mol. The summed E-state index contributed by atoms with van der Waals surface area (Å²) in [6.07, 6.45) is 0.327. The Bertz CT molecular complexity index is 638. The number of hydrogen-bond acceptors (Lipinski definition) is 2. The molecule has 0 bridgehead atoms. The molecule has 4 heteroatoms. The number of benzene rings is 2. The maximum absolute atomic E-state index is 11.9. The summed E-state index contributed by atoms with van der Waals surface area (Å²) in [4.78, 5) is 11.9. The fraction of sp³-hybridized carbons (Fsp3) is 0.278. The number of nitrogens with two attached hydrogens (primary N) is 1. The van der Waals surface area contributed by atoms with Crippen LogP contribution in [0.1, 0.15) is 31.9 Å². The van der Waals surface area contributed by atoms with E-state index >= 15 is 0 Å². The molecule has 0 heterocycles. The molecule has 0 aliphatic carbocycles. The van der Waals surface area contributed by atoms with E-state index in [1.54, 1.807) is 0 Å². The van der Waals surface area contributed by atoms with Crippen molar-refractivity contribution in [3.63, 3.8) is 0 Å². The fourth-order valence-electron chi connectivity index (χ4n) is 2.44. The Kier molecular flexibility index (Phi) is 5.58. The lowest BCUT2D eigenvalue weighted by Gasteiger charge is -2.19. The van der Waals surface area contributed by atoms with E-state index in [4.69, 9.17) is 17.3 Å². The Morgan fingerprint density at radius 1 is 1.14 bits per heavy atom. The normalized spacial score (nSPS) is 13.5. The van der Waals surface area contributed by atoms with Crippen LogP contribution in [-0.2, 0) is 4.79 Å². The van der Waals surface area contributed by atoms with Crippen LogP contribution in [0.15, 0.2) is 48.5 Å². The van der Waals surface area contributed by atoms with Crippen molar-refractivity contribution in [1.29, 1.82) is 0 Å². The van der Waals surface area contributed by atoms with Gasteiger partial charge < -0.3 is 11.1 Å². The maximum Gasteiger partial charge on any atom is 0.222 e. The first-order valence-corrected chi connectivity index (χ1v) is 7.75. The van der Waals surface area contributed by atoms with Crippen LogP contribution in [0.5, 0.6) is 0 Å². The Morgan fingerprint density at radius 2 is 1.77 bits per heavy atom. The summed E-state index contributed by atoms with van der Waals surface area (Å²) in [7, 11) is 0. The van der Waals surface area contributed by atoms with Crippen LogP contribution in [0.4, 0.5) is 0 Å². The highest BCUT2D eigenvalue weighted by molar-refractivity contribution is 6.30. The van der Waals surface area contributed by atoms with Crippen LogP contribution in [-0.4, -0.2) is 11.9 Å². The zero-order valence-corrected chi connectivity index (χ0v) is 13.6. The minimum absolute atomic E-state index is 0.0339. The average molecular weight is 317 g/mol. The van der Waals surface area contributed by atoms with Crippen LogP contribution >= 0.6 is 11.6 Å². The van der Waals surface area contributed by atoms with Gasteiger partial charge in [-0.05, 0) is 42.7 Å². The third-order valence-electron chi connectivity index (χ3n) is 3.47. The summed E-state index contributed by atoms with van der Waals surface area (Å²) in [5.74, 6) is -0.0339. The van der Waals surface area contributed by atoms with Gasteiger partial charge in [-0.25, -0.2) is 0 Å². The summed E-state index contributed by atoms with van der Waals surface area (Å²) in [5, 5.41) is 3.71. The van der Waals surface area contributed by atoms with E-state index in [2.05, 4.69) is 5.32 Å². The molecule has 0 spiro atoms. The molecule has 0 fully saturated rings. The molecule has 1 amide bonds. The molecule has 2 rings (SSSR count). The second-order valence-corrected chi connectivity index (χ2v) is 6.00. The van der Waals surface area contributed by atoms with E-state index in [1.165, 1.54) is 0 Å². The van der Waals surface area contributed by atoms with Gasteiger partial charge in [0, 0.05) is 17.5 Å². The van der Waals surface area contributed by atoms with E-state index in [0.29, 0.717) is 11.4 Å². The van der Waals surface area contributed by atoms with Gasteiger partial charge >= 0.3 is 0 Å². The Balaban J connectivity index is 2.24. The van der Waals surface area contributed by atoms with Gasteiger partial charge in [-0.2, -0.15) is 0 Å². The number of rotatable bonds is 5. The smallest absolute Gasteiger partial charge is 0.222 e. The molecule has 2 aromatic carbocycles.